The second-order valence-corrected chi connectivity index (χ2v) is 2.56. The van der Waals surface area contributed by atoms with Crippen molar-refractivity contribution in [2.75, 3.05) is 0 Å². The topological polar surface area (TPSA) is 42.3 Å². The molecule has 10 heavy (non-hydrogen) atoms. The standard InChI is InChI=1S/C5H3ClN2OS/c6-1-4-2-10-5(8-4)7-3-9/h2H,1H2. The van der Waals surface area contributed by atoms with Crippen molar-refractivity contribution < 1.29 is 4.79 Å². The molecule has 0 aliphatic rings. The Kier molecular flexibility index (Phi) is 2.57. The predicted molar refractivity (Wildman–Crippen MR) is 39.5 cm³/mol. The first kappa shape index (κ1) is 7.41. The van der Waals surface area contributed by atoms with Gasteiger partial charge in [0.2, 0.25) is 11.2 Å². The fourth-order valence-electron chi connectivity index (χ4n) is 0.448. The highest BCUT2D eigenvalue weighted by atomic mass is 35.5. The van der Waals surface area contributed by atoms with Crippen LogP contribution in [0.4, 0.5) is 5.13 Å². The van der Waals surface area contributed by atoms with Gasteiger partial charge < -0.3 is 0 Å². The molecule has 0 aliphatic carbocycles. The molecule has 0 radical (unpaired) electrons. The number of hydrogen-bond donors (Lipinski definition) is 0. The van der Waals surface area contributed by atoms with Gasteiger partial charge in [0.1, 0.15) is 0 Å². The number of aromatic nitrogens is 1. The average molecular weight is 175 g/mol. The van der Waals surface area contributed by atoms with Gasteiger partial charge in [0.15, 0.2) is 0 Å². The molecule has 0 fully saturated rings. The number of halogens is 1. The molecule has 0 aliphatic heterocycles. The van der Waals surface area contributed by atoms with Crippen molar-refractivity contribution in [3.63, 3.8) is 0 Å². The van der Waals surface area contributed by atoms with Crippen molar-refractivity contribution in [3.05, 3.63) is 11.1 Å². The molecule has 0 bridgehead atoms. The molecule has 5 heteroatoms. The summed E-state index contributed by atoms with van der Waals surface area (Å²) in [5.41, 5.74) is 0.737. The summed E-state index contributed by atoms with van der Waals surface area (Å²) in [6, 6.07) is 0. The molecule has 0 atom stereocenters. The maximum atomic E-state index is 9.71. The van der Waals surface area contributed by atoms with Crippen LogP contribution in [0.25, 0.3) is 0 Å². The van der Waals surface area contributed by atoms with E-state index in [1.807, 2.05) is 0 Å². The second-order valence-electron chi connectivity index (χ2n) is 1.46. The molecule has 0 unspecified atom stereocenters. The predicted octanol–water partition coefficient (Wildman–Crippen LogP) is 1.85. The van der Waals surface area contributed by atoms with Crippen molar-refractivity contribution in [2.24, 2.45) is 4.99 Å². The van der Waals surface area contributed by atoms with Crippen molar-refractivity contribution in [1.29, 1.82) is 0 Å². The molecule has 0 saturated carbocycles. The van der Waals surface area contributed by atoms with Crippen molar-refractivity contribution >= 4 is 34.1 Å². The lowest BCUT2D eigenvalue weighted by molar-refractivity contribution is 0.565. The molecule has 0 aromatic carbocycles. The summed E-state index contributed by atoms with van der Waals surface area (Å²) < 4.78 is 0. The Morgan fingerprint density at radius 3 is 3.20 bits per heavy atom. The number of rotatable bonds is 2. The number of alkyl halides is 1. The van der Waals surface area contributed by atoms with Gasteiger partial charge in [0.05, 0.1) is 11.6 Å². The zero-order valence-electron chi connectivity index (χ0n) is 4.87. The van der Waals surface area contributed by atoms with E-state index < -0.39 is 0 Å². The van der Waals surface area contributed by atoms with E-state index >= 15 is 0 Å². The molecular formula is C5H3ClN2OS. The van der Waals surface area contributed by atoms with E-state index in [-0.39, 0.29) is 0 Å². The molecule has 0 amide bonds. The lowest BCUT2D eigenvalue weighted by atomic mass is 10.6. The molecule has 1 aromatic rings. The van der Waals surface area contributed by atoms with Crippen LogP contribution in [-0.2, 0) is 10.7 Å². The van der Waals surface area contributed by atoms with Gasteiger partial charge in [-0.1, -0.05) is 0 Å². The number of thiazole rings is 1. The molecule has 52 valence electrons. The van der Waals surface area contributed by atoms with E-state index in [1.165, 1.54) is 17.4 Å². The Hall–Kier alpha value is -0.700. The van der Waals surface area contributed by atoms with Gasteiger partial charge in [-0.2, -0.15) is 0 Å². The van der Waals surface area contributed by atoms with Gasteiger partial charge in [-0.05, 0) is 0 Å². The Labute approximate surface area is 66.4 Å². The molecule has 1 aromatic heterocycles. The summed E-state index contributed by atoms with van der Waals surface area (Å²) >= 11 is 6.72. The maximum absolute atomic E-state index is 9.71. The summed E-state index contributed by atoms with van der Waals surface area (Å²) in [6.07, 6.45) is 1.40. The van der Waals surface area contributed by atoms with Gasteiger partial charge in [-0.15, -0.1) is 27.9 Å². The van der Waals surface area contributed by atoms with Crippen LogP contribution >= 0.6 is 22.9 Å². The Balaban J connectivity index is 2.87. The van der Waals surface area contributed by atoms with Gasteiger partial charge in [-0.3, -0.25) is 0 Å². The van der Waals surface area contributed by atoms with Crippen LogP contribution in [0.15, 0.2) is 10.4 Å². The van der Waals surface area contributed by atoms with Crippen molar-refractivity contribution in [2.45, 2.75) is 5.88 Å². The lowest BCUT2D eigenvalue weighted by Crippen LogP contribution is -1.72. The lowest BCUT2D eigenvalue weighted by Gasteiger charge is -1.77. The number of isocyanates is 1. The molecular weight excluding hydrogens is 172 g/mol. The first-order chi connectivity index (χ1) is 4.86. The number of carbonyl (C=O) groups excluding carboxylic acids is 1. The van der Waals surface area contributed by atoms with E-state index in [1.54, 1.807) is 5.38 Å². The minimum Gasteiger partial charge on any atom is -0.222 e. The third-order valence-corrected chi connectivity index (χ3v) is 1.87. The molecule has 0 N–H and O–H groups in total. The average Bonchev–Trinajstić information content (AvgIpc) is 2.37. The minimum absolute atomic E-state index is 0.352. The normalized spacial score (nSPS) is 8.90. The monoisotopic (exact) mass is 174 g/mol. The minimum atomic E-state index is 0.352. The Bertz CT molecular complexity index is 266. The first-order valence-electron chi connectivity index (χ1n) is 2.45. The second kappa shape index (κ2) is 3.46. The van der Waals surface area contributed by atoms with Crippen molar-refractivity contribution in [3.8, 4) is 0 Å². The van der Waals surface area contributed by atoms with Crippen LogP contribution < -0.4 is 0 Å². The third-order valence-electron chi connectivity index (χ3n) is 0.818. The van der Waals surface area contributed by atoms with E-state index in [0.717, 1.165) is 5.69 Å². The first-order valence-corrected chi connectivity index (χ1v) is 3.86. The molecule has 0 spiro atoms. The van der Waals surface area contributed by atoms with Crippen LogP contribution in [0.1, 0.15) is 5.69 Å². The molecule has 1 rings (SSSR count). The smallest absolute Gasteiger partial charge is 0.222 e. The van der Waals surface area contributed by atoms with E-state index in [9.17, 15) is 4.79 Å². The fraction of sp³-hybridized carbons (Fsp3) is 0.200. The molecule has 0 saturated heterocycles. The van der Waals surface area contributed by atoms with Crippen LogP contribution in [-0.4, -0.2) is 11.1 Å². The van der Waals surface area contributed by atoms with Crippen molar-refractivity contribution in [1.82, 2.24) is 4.98 Å². The van der Waals surface area contributed by atoms with Gasteiger partial charge in [0.25, 0.3) is 0 Å². The van der Waals surface area contributed by atoms with Crippen LogP contribution in [0.5, 0.6) is 0 Å². The summed E-state index contributed by atoms with van der Waals surface area (Å²) in [6.45, 7) is 0. The highest BCUT2D eigenvalue weighted by molar-refractivity contribution is 7.13. The van der Waals surface area contributed by atoms with Gasteiger partial charge in [-0.25, -0.2) is 9.78 Å². The molecule has 3 nitrogen and oxygen atoms in total. The van der Waals surface area contributed by atoms with E-state index in [2.05, 4.69) is 9.98 Å². The number of nitrogens with zero attached hydrogens (tertiary/aromatic N) is 2. The Morgan fingerprint density at radius 1 is 1.90 bits per heavy atom. The van der Waals surface area contributed by atoms with E-state index in [0.29, 0.717) is 11.0 Å². The van der Waals surface area contributed by atoms with E-state index in [4.69, 9.17) is 11.6 Å². The fourth-order valence-corrected chi connectivity index (χ4v) is 1.31. The summed E-state index contributed by atoms with van der Waals surface area (Å²) in [7, 11) is 0. The number of aliphatic imine (C=N–C) groups is 1. The summed E-state index contributed by atoms with van der Waals surface area (Å²) in [4.78, 5) is 16.9. The quantitative estimate of drug-likeness (QED) is 0.390. The molecule has 1 heterocycles. The summed E-state index contributed by atoms with van der Waals surface area (Å²) in [5.74, 6) is 0.352. The third kappa shape index (κ3) is 1.64. The van der Waals surface area contributed by atoms with Gasteiger partial charge >= 0.3 is 0 Å². The van der Waals surface area contributed by atoms with Crippen LogP contribution in [0.3, 0.4) is 0 Å². The highest BCUT2D eigenvalue weighted by Gasteiger charge is 1.96. The number of hydrogen-bond acceptors (Lipinski definition) is 4. The van der Waals surface area contributed by atoms with Crippen LogP contribution in [0, 0.1) is 0 Å². The Morgan fingerprint density at radius 2 is 2.70 bits per heavy atom. The largest absolute Gasteiger partial charge is 0.242 e. The highest BCUT2D eigenvalue weighted by Crippen LogP contribution is 2.18. The zero-order valence-corrected chi connectivity index (χ0v) is 6.45. The van der Waals surface area contributed by atoms with Crippen LogP contribution in [0.2, 0.25) is 0 Å². The SMILES string of the molecule is O=C=Nc1nc(CCl)cs1. The van der Waals surface area contributed by atoms with Gasteiger partial charge in [0, 0.05) is 5.38 Å². The maximum Gasteiger partial charge on any atom is 0.242 e. The summed E-state index contributed by atoms with van der Waals surface area (Å²) in [5, 5.41) is 2.16. The zero-order chi connectivity index (χ0) is 7.40.